The number of amides is 5. The van der Waals surface area contributed by atoms with Crippen LogP contribution in [0.25, 0.3) is 0 Å². The van der Waals surface area contributed by atoms with E-state index < -0.39 is 84.7 Å². The molecule has 3 N–H and O–H groups in total. The van der Waals surface area contributed by atoms with Crippen molar-refractivity contribution >= 4 is 73.6 Å². The Morgan fingerprint density at radius 3 is 1.48 bits per heavy atom. The predicted octanol–water partition coefficient (Wildman–Crippen LogP) is 12.0. The molecule has 4 heterocycles. The largest absolute Gasteiger partial charge is 0.482 e. The Labute approximate surface area is 499 Å². The number of nitrogens with one attached hydrogen (secondary N) is 3. The summed E-state index contributed by atoms with van der Waals surface area (Å²) < 4.78 is 104. The minimum Gasteiger partial charge on any atom is -0.482 e. The average molecular weight is 1270 g/mol. The van der Waals surface area contributed by atoms with Gasteiger partial charge in [0, 0.05) is 65.8 Å². The number of imide groups is 1. The highest BCUT2D eigenvalue weighted by atomic mass is 79.9. The van der Waals surface area contributed by atoms with E-state index in [0.717, 1.165) is 24.3 Å². The second-order valence-electron chi connectivity index (χ2n) is 20.3. The molecule has 82 heavy (non-hydrogen) atoms. The highest BCUT2D eigenvalue weighted by Crippen LogP contribution is 2.36. The molecule has 22 nitrogen and oxygen atoms in total. The van der Waals surface area contributed by atoms with Crippen LogP contribution in [0, 0.1) is 34.3 Å². The molecule has 0 bridgehead atoms. The van der Waals surface area contributed by atoms with Crippen LogP contribution in [0.4, 0.5) is 34.8 Å². The van der Waals surface area contributed by atoms with Gasteiger partial charge in [-0.2, -0.15) is 25.6 Å². The Balaban J connectivity index is 0.000000377. The van der Waals surface area contributed by atoms with Gasteiger partial charge in [-0.25, -0.2) is 33.1 Å². The molecular weight excluding hydrogens is 1200 g/mol. The Bertz CT molecular complexity index is 3620. The third kappa shape index (κ3) is 19.1. The molecule has 26 heteroatoms. The molecule has 0 aliphatic rings. The van der Waals surface area contributed by atoms with Gasteiger partial charge in [-0.15, -0.1) is 0 Å². The van der Waals surface area contributed by atoms with Crippen LogP contribution < -0.4 is 30.3 Å². The van der Waals surface area contributed by atoms with Gasteiger partial charge in [0.2, 0.25) is 0 Å². The SMILES string of the molecule is C.[2H]C([2H])([2H])n1nc(CNC(=O)c2ccc(F)cc2[C@@H](C)Oc2cc(Br)cnc2N(C(=O)OC(C)(C)C)C(=O)OC(C)(C)C)cc1C#N.[2H]C([2H])([2H])n1nc(CNC(=O)c2ccc(F)cc2[C@@H](C)Oc2cc(Br)cnc2NC(=O)OC(C)(C)C)cc1C#N. The van der Waals surface area contributed by atoms with Crippen LogP contribution >= 0.6 is 31.9 Å². The highest BCUT2D eigenvalue weighted by Gasteiger charge is 2.36. The van der Waals surface area contributed by atoms with Crippen molar-refractivity contribution in [2.45, 2.75) is 126 Å². The standard InChI is InChI=1S/C30H34BrFN6O6.C25H26BrFN6O4.CH4/c1-17(23-12-19(32)9-10-22(23)26(39)35-16-20-13-21(14-33)37(8)36-20)42-24-11-18(31)15-34-25(24)38(27(40)43-29(2,3)4)28(41)44-30(5,6)7;1-14(36-21-8-15(26)12-29-22(21)31-24(35)37-25(2,3)4)20-9-16(27)6-7-19(20)23(34)30-13-17-10-18(11-28)33(5)32-17;/h9-13,15,17H,16H2,1-8H3,(H,35,39);6-10,12,14H,13H2,1-5H3,(H,30,34)(H,29,31,35);1H4/t17-;14-;/m11./s1/i8D3;5D3;. The topological polar surface area (TPSA) is 280 Å². The van der Waals surface area contributed by atoms with Crippen LogP contribution in [0.5, 0.6) is 11.5 Å². The van der Waals surface area contributed by atoms with Crippen LogP contribution in [0.3, 0.4) is 0 Å². The zero-order valence-corrected chi connectivity index (χ0v) is 48.8. The van der Waals surface area contributed by atoms with Gasteiger partial charge < -0.3 is 34.3 Å². The summed E-state index contributed by atoms with van der Waals surface area (Å²) in [7, 11) is 0. The van der Waals surface area contributed by atoms with E-state index in [-0.39, 0.29) is 88.7 Å². The number of aromatic nitrogens is 6. The van der Waals surface area contributed by atoms with E-state index in [1.807, 2.05) is 0 Å². The molecule has 0 aliphatic heterocycles. The van der Waals surface area contributed by atoms with Crippen molar-refractivity contribution in [1.29, 1.82) is 10.5 Å². The van der Waals surface area contributed by atoms with Crippen molar-refractivity contribution < 1.29 is 64.7 Å². The Morgan fingerprint density at radius 1 is 0.659 bits per heavy atom. The monoisotopic (exact) mass is 1270 g/mol. The molecule has 436 valence electrons. The number of nitrogens with zero attached hydrogens (tertiary/aromatic N) is 9. The van der Waals surface area contributed by atoms with E-state index in [1.54, 1.807) is 87.4 Å². The number of halogens is 4. The van der Waals surface area contributed by atoms with Crippen molar-refractivity contribution in [3.05, 3.63) is 139 Å². The maximum atomic E-state index is 14.5. The molecule has 0 saturated carbocycles. The predicted molar refractivity (Wildman–Crippen MR) is 304 cm³/mol. The number of hydrogen-bond donors (Lipinski definition) is 3. The summed E-state index contributed by atoms with van der Waals surface area (Å²) in [5, 5.41) is 33.9. The number of pyridine rings is 2. The third-order valence-electron chi connectivity index (χ3n) is 10.2. The molecule has 0 fully saturated rings. The quantitative estimate of drug-likeness (QED) is 0.0855. The van der Waals surface area contributed by atoms with Crippen LogP contribution in [0.1, 0.15) is 159 Å². The van der Waals surface area contributed by atoms with Gasteiger partial charge in [0.25, 0.3) is 11.8 Å². The molecule has 4 aromatic heterocycles. The molecule has 0 unspecified atom stereocenters. The van der Waals surface area contributed by atoms with Gasteiger partial charge in [0.05, 0.1) is 24.5 Å². The van der Waals surface area contributed by atoms with Crippen molar-refractivity contribution in [3.8, 4) is 23.6 Å². The van der Waals surface area contributed by atoms with E-state index in [2.05, 4.69) is 68.0 Å². The minimum atomic E-state index is -2.70. The number of nitriles is 2. The zero-order chi connectivity index (χ0) is 65.3. The summed E-state index contributed by atoms with van der Waals surface area (Å²) in [6, 6.07) is 15.9. The molecule has 6 rings (SSSR count). The summed E-state index contributed by atoms with van der Waals surface area (Å²) in [5.41, 5.74) is -2.55. The zero-order valence-electron chi connectivity index (χ0n) is 51.6. The van der Waals surface area contributed by atoms with Crippen molar-refractivity contribution in [2.24, 2.45) is 14.0 Å². The van der Waals surface area contributed by atoms with Gasteiger partial charge in [-0.3, -0.25) is 24.3 Å². The number of ether oxygens (including phenoxy) is 5. The molecule has 0 radical (unpaired) electrons. The average Bonchev–Trinajstić information content (AvgIpc) is 3.46. The number of anilines is 2. The fourth-order valence-corrected chi connectivity index (χ4v) is 7.54. The molecule has 0 spiro atoms. The number of aryl methyl sites for hydroxylation is 2. The molecule has 6 aromatic rings. The van der Waals surface area contributed by atoms with E-state index in [1.165, 1.54) is 49.6 Å². The number of carbonyl (C=O) groups excluding carboxylic acids is 5. The van der Waals surface area contributed by atoms with E-state index in [4.69, 9.17) is 31.9 Å². The second-order valence-corrected chi connectivity index (χ2v) is 22.2. The first-order chi connectivity index (χ1) is 40.2. The normalized spacial score (nSPS) is 13.2. The van der Waals surface area contributed by atoms with E-state index >= 15 is 0 Å². The highest BCUT2D eigenvalue weighted by molar-refractivity contribution is 9.10. The van der Waals surface area contributed by atoms with Crippen molar-refractivity contribution in [3.63, 3.8) is 0 Å². The van der Waals surface area contributed by atoms with Crippen molar-refractivity contribution in [2.75, 3.05) is 10.2 Å². The van der Waals surface area contributed by atoms with Crippen LogP contribution in [-0.4, -0.2) is 76.4 Å². The maximum Gasteiger partial charge on any atom is 0.425 e. The summed E-state index contributed by atoms with van der Waals surface area (Å²) in [6.07, 6.45) is -2.15. The van der Waals surface area contributed by atoms with Gasteiger partial charge >= 0.3 is 18.3 Å². The number of benzene rings is 2. The number of carbonyl (C=O) groups is 5. The molecular formula is C56H64Br2F2N12O10. The lowest BCUT2D eigenvalue weighted by Crippen LogP contribution is -2.44. The molecule has 2 atom stereocenters. The Morgan fingerprint density at radius 2 is 1.07 bits per heavy atom. The van der Waals surface area contributed by atoms with Gasteiger partial charge in [-0.1, -0.05) is 7.43 Å². The van der Waals surface area contributed by atoms with Crippen LogP contribution in [0.15, 0.2) is 82.0 Å². The molecule has 2 aromatic carbocycles. The lowest BCUT2D eigenvalue weighted by Gasteiger charge is -2.29. The maximum absolute atomic E-state index is 14.5. The lowest BCUT2D eigenvalue weighted by atomic mass is 10.0. The Kier molecular flexibility index (Phi) is 19.2. The van der Waals surface area contributed by atoms with Gasteiger partial charge in [0.1, 0.15) is 64.2 Å². The third-order valence-corrected chi connectivity index (χ3v) is 11.1. The number of rotatable bonds is 14. The first-order valence-electron chi connectivity index (χ1n) is 27.2. The first-order valence-corrected chi connectivity index (χ1v) is 25.8. The lowest BCUT2D eigenvalue weighted by molar-refractivity contribution is 0.0424. The number of hydrogen-bond acceptors (Lipinski definition) is 16. The summed E-state index contributed by atoms with van der Waals surface area (Å²) in [5.74, 6) is -2.83. The molecule has 5 amide bonds. The molecule has 0 saturated heterocycles. The first kappa shape index (κ1) is 56.8. The van der Waals surface area contributed by atoms with Crippen LogP contribution in [-0.2, 0) is 41.3 Å². The molecule has 0 aliphatic carbocycles. The van der Waals surface area contributed by atoms with Gasteiger partial charge in [-0.05, 0) is 169 Å². The smallest absolute Gasteiger partial charge is 0.425 e. The summed E-state index contributed by atoms with van der Waals surface area (Å²) in [6.45, 7) is 12.1. The summed E-state index contributed by atoms with van der Waals surface area (Å²) in [4.78, 5) is 74.2. The fourth-order valence-electron chi connectivity index (χ4n) is 6.92. The van der Waals surface area contributed by atoms with E-state index in [9.17, 15) is 43.3 Å². The minimum absolute atomic E-state index is 0. The second kappa shape index (κ2) is 27.8. The summed E-state index contributed by atoms with van der Waals surface area (Å²) >= 11 is 6.60. The van der Waals surface area contributed by atoms with Crippen molar-refractivity contribution in [1.82, 2.24) is 40.2 Å². The van der Waals surface area contributed by atoms with Crippen LogP contribution in [0.2, 0.25) is 0 Å². The fraction of sp³-hybridized carbons (Fsp3) is 0.375. The van der Waals surface area contributed by atoms with E-state index in [0.29, 0.717) is 23.2 Å². The Hall–Kier alpha value is -8.49. The van der Waals surface area contributed by atoms with Gasteiger partial charge in [0.15, 0.2) is 23.1 Å².